The first kappa shape index (κ1) is 22.8. The molecule has 2 N–H and O–H groups in total. The summed E-state index contributed by atoms with van der Waals surface area (Å²) in [4.78, 5) is 12.6. The number of ether oxygens (including phenoxy) is 4. The van der Waals surface area contributed by atoms with E-state index in [1.165, 1.54) is 26.4 Å². The maximum absolute atomic E-state index is 14.1. The van der Waals surface area contributed by atoms with Crippen molar-refractivity contribution in [3.8, 4) is 17.2 Å². The highest BCUT2D eigenvalue weighted by Crippen LogP contribution is 2.45. The van der Waals surface area contributed by atoms with Crippen LogP contribution in [0.5, 0.6) is 17.2 Å². The molecule has 0 bridgehead atoms. The smallest absolute Gasteiger partial charge is 0.224 e. The molecule has 0 saturated carbocycles. The Bertz CT molecular complexity index is 1110. The van der Waals surface area contributed by atoms with Gasteiger partial charge in [-0.2, -0.15) is 0 Å². The fourth-order valence-electron chi connectivity index (χ4n) is 4.09. The molecule has 1 aliphatic heterocycles. The lowest BCUT2D eigenvalue weighted by Gasteiger charge is -2.11. The summed E-state index contributed by atoms with van der Waals surface area (Å²) in [6.45, 7) is 3.19. The van der Waals surface area contributed by atoms with E-state index in [4.69, 9.17) is 18.9 Å². The SMILES string of the molecule is COc1cc(/C=C2/C(C)=C(CC(=O)NCC3OCCO3)c3cc(F)ccc32)cc(OC)c1O. The van der Waals surface area contributed by atoms with Gasteiger partial charge in [-0.15, -0.1) is 0 Å². The Hall–Kier alpha value is -3.36. The Balaban J connectivity index is 1.67. The number of phenols is 1. The number of amides is 1. The van der Waals surface area contributed by atoms with Crippen molar-refractivity contribution in [2.24, 2.45) is 0 Å². The second kappa shape index (κ2) is 9.64. The van der Waals surface area contributed by atoms with Crippen molar-refractivity contribution in [3.63, 3.8) is 0 Å². The van der Waals surface area contributed by atoms with Gasteiger partial charge in [-0.25, -0.2) is 4.39 Å². The Morgan fingerprint density at radius 1 is 1.15 bits per heavy atom. The van der Waals surface area contributed by atoms with Gasteiger partial charge in [-0.3, -0.25) is 4.79 Å². The minimum atomic E-state index is -0.438. The van der Waals surface area contributed by atoms with Gasteiger partial charge < -0.3 is 29.4 Å². The predicted molar refractivity (Wildman–Crippen MR) is 121 cm³/mol. The van der Waals surface area contributed by atoms with Gasteiger partial charge in [-0.1, -0.05) is 6.07 Å². The highest BCUT2D eigenvalue weighted by molar-refractivity contribution is 6.08. The largest absolute Gasteiger partial charge is 0.502 e. The number of benzene rings is 2. The van der Waals surface area contributed by atoms with Crippen molar-refractivity contribution in [3.05, 3.63) is 58.4 Å². The summed E-state index contributed by atoms with van der Waals surface area (Å²) >= 11 is 0. The van der Waals surface area contributed by atoms with Crippen molar-refractivity contribution in [1.29, 1.82) is 0 Å². The van der Waals surface area contributed by atoms with Crippen LogP contribution in [0.3, 0.4) is 0 Å². The number of allylic oxidation sites excluding steroid dienone is 2. The van der Waals surface area contributed by atoms with Crippen molar-refractivity contribution in [2.75, 3.05) is 34.0 Å². The molecular weight excluding hydrogens is 429 g/mol. The molecule has 1 amide bonds. The number of nitrogens with one attached hydrogen (secondary N) is 1. The highest BCUT2D eigenvalue weighted by atomic mass is 19.1. The van der Waals surface area contributed by atoms with Crippen LogP contribution in [0.4, 0.5) is 4.39 Å². The Kier molecular flexibility index (Phi) is 6.67. The molecule has 2 aliphatic rings. The number of aromatic hydroxyl groups is 1. The van der Waals surface area contributed by atoms with E-state index >= 15 is 0 Å². The van der Waals surface area contributed by atoms with Gasteiger partial charge in [0, 0.05) is 0 Å². The first-order chi connectivity index (χ1) is 15.9. The molecule has 7 nitrogen and oxygen atoms in total. The van der Waals surface area contributed by atoms with Crippen LogP contribution in [0.25, 0.3) is 17.2 Å². The molecule has 2 aromatic rings. The van der Waals surface area contributed by atoms with Gasteiger partial charge >= 0.3 is 0 Å². The van der Waals surface area contributed by atoms with E-state index in [1.54, 1.807) is 18.2 Å². The van der Waals surface area contributed by atoms with Crippen molar-refractivity contribution in [1.82, 2.24) is 5.32 Å². The molecule has 1 saturated heterocycles. The van der Waals surface area contributed by atoms with E-state index in [9.17, 15) is 14.3 Å². The molecule has 0 unspecified atom stereocenters. The quantitative estimate of drug-likeness (QED) is 0.661. The summed E-state index contributed by atoms with van der Waals surface area (Å²) in [6.07, 6.45) is 1.56. The van der Waals surface area contributed by atoms with Gasteiger partial charge in [0.15, 0.2) is 17.8 Å². The zero-order valence-electron chi connectivity index (χ0n) is 18.7. The zero-order valence-corrected chi connectivity index (χ0v) is 18.7. The molecule has 0 atom stereocenters. The van der Waals surface area contributed by atoms with Crippen LogP contribution in [0.15, 0.2) is 35.9 Å². The maximum Gasteiger partial charge on any atom is 0.224 e. The third-order valence-corrected chi connectivity index (χ3v) is 5.76. The normalized spacial score (nSPS) is 16.9. The fourth-order valence-corrected chi connectivity index (χ4v) is 4.09. The molecule has 1 fully saturated rings. The molecule has 174 valence electrons. The number of hydrogen-bond acceptors (Lipinski definition) is 6. The van der Waals surface area contributed by atoms with E-state index in [-0.39, 0.29) is 41.9 Å². The summed E-state index contributed by atoms with van der Waals surface area (Å²) in [7, 11) is 2.92. The van der Waals surface area contributed by atoms with E-state index in [1.807, 2.05) is 13.0 Å². The Morgan fingerprint density at radius 2 is 1.82 bits per heavy atom. The second-order valence-corrected chi connectivity index (χ2v) is 7.78. The van der Waals surface area contributed by atoms with Gasteiger partial charge in [0.1, 0.15) is 5.82 Å². The molecule has 8 heteroatoms. The topological polar surface area (TPSA) is 86.3 Å². The summed E-state index contributed by atoms with van der Waals surface area (Å²) in [6, 6.07) is 7.93. The highest BCUT2D eigenvalue weighted by Gasteiger charge is 2.26. The van der Waals surface area contributed by atoms with Gasteiger partial charge in [0.2, 0.25) is 11.7 Å². The average molecular weight is 455 g/mol. The predicted octanol–water partition coefficient (Wildman–Crippen LogP) is 3.76. The first-order valence-electron chi connectivity index (χ1n) is 10.6. The zero-order chi connectivity index (χ0) is 23.5. The number of carbonyl (C=O) groups is 1. The van der Waals surface area contributed by atoms with Crippen molar-refractivity contribution < 1.29 is 33.2 Å². The molecule has 0 radical (unpaired) electrons. The van der Waals surface area contributed by atoms with Crippen LogP contribution in [0.2, 0.25) is 0 Å². The minimum absolute atomic E-state index is 0.0871. The van der Waals surface area contributed by atoms with Crippen LogP contribution in [-0.2, 0) is 14.3 Å². The number of rotatable bonds is 7. The molecule has 2 aromatic carbocycles. The van der Waals surface area contributed by atoms with Gasteiger partial charge in [-0.05, 0) is 70.7 Å². The number of halogens is 1. The second-order valence-electron chi connectivity index (χ2n) is 7.78. The van der Waals surface area contributed by atoms with E-state index in [0.717, 1.165) is 27.8 Å². The Morgan fingerprint density at radius 3 is 2.45 bits per heavy atom. The maximum atomic E-state index is 14.1. The molecule has 0 aromatic heterocycles. The third kappa shape index (κ3) is 4.72. The van der Waals surface area contributed by atoms with Crippen LogP contribution in [0, 0.1) is 5.82 Å². The fraction of sp³-hybridized carbons (Fsp3) is 0.320. The lowest BCUT2D eigenvalue weighted by molar-refractivity contribution is -0.122. The summed E-state index contributed by atoms with van der Waals surface area (Å²) < 4.78 is 35.3. The van der Waals surface area contributed by atoms with Crippen LogP contribution >= 0.6 is 0 Å². The monoisotopic (exact) mass is 455 g/mol. The number of carbonyl (C=O) groups excluding carboxylic acids is 1. The van der Waals surface area contributed by atoms with Crippen LogP contribution < -0.4 is 14.8 Å². The third-order valence-electron chi connectivity index (χ3n) is 5.76. The van der Waals surface area contributed by atoms with Gasteiger partial charge in [0.05, 0.1) is 40.4 Å². The lowest BCUT2D eigenvalue weighted by Crippen LogP contribution is -2.32. The number of methoxy groups -OCH3 is 2. The molecule has 0 spiro atoms. The molecule has 4 rings (SSSR count). The summed E-state index contributed by atoms with van der Waals surface area (Å²) in [5.41, 5.74) is 4.70. The standard InChI is InChI=1S/C25H26FNO6/c1-14-18(8-15-9-21(30-2)25(29)22(10-15)31-3)17-5-4-16(26)11-20(17)19(14)12-23(28)27-13-24-32-6-7-33-24/h4-5,8-11,24,29H,6-7,12-13H2,1-3H3,(H,27,28)/b18-8-. The number of fused-ring (bicyclic) bond motifs is 1. The van der Waals surface area contributed by atoms with E-state index < -0.39 is 6.29 Å². The number of phenolic OH excluding ortho intramolecular Hbond substituents is 1. The van der Waals surface area contributed by atoms with Gasteiger partial charge in [0.25, 0.3) is 0 Å². The Labute approximate surface area is 191 Å². The van der Waals surface area contributed by atoms with Crippen LogP contribution in [-0.4, -0.2) is 51.3 Å². The molecule has 1 heterocycles. The van der Waals surface area contributed by atoms with Crippen LogP contribution in [0.1, 0.15) is 30.0 Å². The van der Waals surface area contributed by atoms with Crippen molar-refractivity contribution >= 4 is 23.1 Å². The average Bonchev–Trinajstić information content (AvgIpc) is 3.41. The van der Waals surface area contributed by atoms with E-state index in [0.29, 0.717) is 18.8 Å². The van der Waals surface area contributed by atoms with Crippen molar-refractivity contribution in [2.45, 2.75) is 19.6 Å². The first-order valence-corrected chi connectivity index (χ1v) is 10.6. The molecular formula is C25H26FNO6. The lowest BCUT2D eigenvalue weighted by atomic mass is 10.00. The summed E-state index contributed by atoms with van der Waals surface area (Å²) in [5.74, 6) is -0.113. The molecule has 33 heavy (non-hydrogen) atoms. The minimum Gasteiger partial charge on any atom is -0.502 e. The number of hydrogen-bond donors (Lipinski definition) is 2. The van der Waals surface area contributed by atoms with E-state index in [2.05, 4.69) is 5.32 Å². The molecule has 1 aliphatic carbocycles. The summed E-state index contributed by atoms with van der Waals surface area (Å²) in [5, 5.41) is 13.0.